The Morgan fingerprint density at radius 3 is 2.76 bits per heavy atom. The van der Waals surface area contributed by atoms with Crippen LogP contribution < -0.4 is 5.32 Å². The van der Waals surface area contributed by atoms with E-state index in [1.807, 2.05) is 23.2 Å². The number of ether oxygens (including phenoxy) is 1. The average molecular weight is 393 g/mol. The van der Waals surface area contributed by atoms with Crippen LogP contribution in [0, 0.1) is 5.92 Å². The third-order valence-electron chi connectivity index (χ3n) is 5.69. The fourth-order valence-electron chi connectivity index (χ4n) is 4.05. The zero-order chi connectivity index (χ0) is 20.1. The number of nitrogens with one attached hydrogen (secondary N) is 1. The second-order valence-electron chi connectivity index (χ2n) is 7.77. The summed E-state index contributed by atoms with van der Waals surface area (Å²) >= 11 is 0. The van der Waals surface area contributed by atoms with Crippen molar-refractivity contribution in [1.29, 1.82) is 0 Å². The predicted octanol–water partition coefficient (Wildman–Crippen LogP) is 2.43. The van der Waals surface area contributed by atoms with Crippen LogP contribution in [0.4, 0.5) is 0 Å². The molecule has 2 saturated heterocycles. The summed E-state index contributed by atoms with van der Waals surface area (Å²) in [6.07, 6.45) is 6.66. The Kier molecular flexibility index (Phi) is 6.20. The molecule has 1 aromatic carbocycles. The van der Waals surface area contributed by atoms with E-state index in [9.17, 15) is 9.59 Å². The molecule has 2 unspecified atom stereocenters. The molecule has 6 nitrogen and oxygen atoms in total. The van der Waals surface area contributed by atoms with Crippen molar-refractivity contribution in [2.24, 2.45) is 5.92 Å². The van der Waals surface area contributed by atoms with E-state index in [-0.39, 0.29) is 23.8 Å². The third kappa shape index (κ3) is 4.82. The van der Waals surface area contributed by atoms with Gasteiger partial charge in [-0.25, -0.2) is 0 Å². The van der Waals surface area contributed by atoms with Crippen LogP contribution in [0.2, 0.25) is 0 Å². The zero-order valence-electron chi connectivity index (χ0n) is 16.5. The van der Waals surface area contributed by atoms with Crippen LogP contribution in [0.15, 0.2) is 48.8 Å². The molecule has 0 saturated carbocycles. The topological polar surface area (TPSA) is 71.5 Å². The fraction of sp³-hybridized carbons (Fsp3) is 0.435. The molecular formula is C23H27N3O3. The normalized spacial score (nSPS) is 22.6. The Hall–Kier alpha value is -2.73. The van der Waals surface area contributed by atoms with Gasteiger partial charge >= 0.3 is 0 Å². The number of pyridine rings is 1. The first-order chi connectivity index (χ1) is 14.2. The van der Waals surface area contributed by atoms with Crippen molar-refractivity contribution in [3.8, 4) is 11.1 Å². The van der Waals surface area contributed by atoms with Crippen molar-refractivity contribution in [2.45, 2.75) is 31.8 Å². The summed E-state index contributed by atoms with van der Waals surface area (Å²) in [6.45, 7) is 2.12. The standard InChI is InChI=1S/C23H27N3O3/c27-22-20(14-17-6-8-18(9-7-17)19-4-3-10-24-15-19)16-26(12-11-25-22)23(28)21-5-1-2-13-29-21/h3-4,6-10,15,20-21H,1-2,5,11-14,16H2,(H,25,27). The number of rotatable bonds is 4. The molecule has 2 aliphatic heterocycles. The first-order valence-corrected chi connectivity index (χ1v) is 10.4. The molecule has 6 heteroatoms. The van der Waals surface area contributed by atoms with Gasteiger partial charge in [-0.3, -0.25) is 14.6 Å². The highest BCUT2D eigenvalue weighted by Crippen LogP contribution is 2.21. The summed E-state index contributed by atoms with van der Waals surface area (Å²) in [5.74, 6) is -0.214. The van der Waals surface area contributed by atoms with Crippen molar-refractivity contribution >= 4 is 11.8 Å². The van der Waals surface area contributed by atoms with E-state index in [4.69, 9.17) is 4.74 Å². The molecule has 0 spiro atoms. The van der Waals surface area contributed by atoms with E-state index in [0.29, 0.717) is 32.7 Å². The lowest BCUT2D eigenvalue weighted by atomic mass is 9.96. The number of nitrogens with zero attached hydrogens (tertiary/aromatic N) is 2. The molecule has 1 N–H and O–H groups in total. The fourth-order valence-corrected chi connectivity index (χ4v) is 4.05. The number of hydrogen-bond acceptors (Lipinski definition) is 4. The van der Waals surface area contributed by atoms with Crippen molar-refractivity contribution in [1.82, 2.24) is 15.2 Å². The third-order valence-corrected chi connectivity index (χ3v) is 5.69. The molecule has 2 amide bonds. The maximum absolute atomic E-state index is 12.9. The molecule has 2 aliphatic rings. The van der Waals surface area contributed by atoms with E-state index in [1.165, 1.54) is 0 Å². The molecule has 0 aliphatic carbocycles. The second-order valence-corrected chi connectivity index (χ2v) is 7.77. The summed E-state index contributed by atoms with van der Waals surface area (Å²) in [5.41, 5.74) is 3.25. The van der Waals surface area contributed by atoms with Gasteiger partial charge in [0.05, 0.1) is 5.92 Å². The molecule has 3 heterocycles. The molecule has 2 aromatic rings. The average Bonchev–Trinajstić information content (AvgIpc) is 2.96. The maximum Gasteiger partial charge on any atom is 0.251 e. The van der Waals surface area contributed by atoms with Crippen molar-refractivity contribution < 1.29 is 14.3 Å². The van der Waals surface area contributed by atoms with E-state index >= 15 is 0 Å². The van der Waals surface area contributed by atoms with Crippen LogP contribution in [0.25, 0.3) is 11.1 Å². The van der Waals surface area contributed by atoms with Crippen LogP contribution in [-0.2, 0) is 20.7 Å². The van der Waals surface area contributed by atoms with Crippen molar-refractivity contribution in [2.75, 3.05) is 26.2 Å². The van der Waals surface area contributed by atoms with Crippen LogP contribution in [0.5, 0.6) is 0 Å². The van der Waals surface area contributed by atoms with Crippen LogP contribution >= 0.6 is 0 Å². The van der Waals surface area contributed by atoms with Crippen LogP contribution in [-0.4, -0.2) is 54.0 Å². The Bertz CT molecular complexity index is 832. The van der Waals surface area contributed by atoms with Gasteiger partial charge < -0.3 is 15.0 Å². The van der Waals surface area contributed by atoms with E-state index in [1.54, 1.807) is 6.20 Å². The lowest BCUT2D eigenvalue weighted by Gasteiger charge is -2.29. The Balaban J connectivity index is 1.43. The van der Waals surface area contributed by atoms with Crippen LogP contribution in [0.1, 0.15) is 24.8 Å². The number of amides is 2. The number of benzene rings is 1. The van der Waals surface area contributed by atoms with Gasteiger partial charge in [0.15, 0.2) is 0 Å². The molecule has 29 heavy (non-hydrogen) atoms. The number of aromatic nitrogens is 1. The van der Waals surface area contributed by atoms with Gasteiger partial charge in [0, 0.05) is 38.6 Å². The Morgan fingerprint density at radius 1 is 1.17 bits per heavy atom. The zero-order valence-corrected chi connectivity index (χ0v) is 16.5. The highest BCUT2D eigenvalue weighted by atomic mass is 16.5. The maximum atomic E-state index is 12.9. The lowest BCUT2D eigenvalue weighted by Crippen LogP contribution is -2.44. The Morgan fingerprint density at radius 2 is 2.03 bits per heavy atom. The molecule has 152 valence electrons. The molecule has 1 aromatic heterocycles. The predicted molar refractivity (Wildman–Crippen MR) is 110 cm³/mol. The highest BCUT2D eigenvalue weighted by molar-refractivity contribution is 5.84. The SMILES string of the molecule is O=C1NCCN(C(=O)C2CCCCO2)CC1Cc1ccc(-c2cccnc2)cc1. The summed E-state index contributed by atoms with van der Waals surface area (Å²) in [5, 5.41) is 2.96. The summed E-state index contributed by atoms with van der Waals surface area (Å²) in [6, 6.07) is 12.2. The lowest BCUT2D eigenvalue weighted by molar-refractivity contribution is -0.146. The minimum absolute atomic E-state index is 0.0150. The summed E-state index contributed by atoms with van der Waals surface area (Å²) in [4.78, 5) is 31.4. The smallest absolute Gasteiger partial charge is 0.251 e. The van der Waals surface area contributed by atoms with E-state index < -0.39 is 0 Å². The largest absolute Gasteiger partial charge is 0.368 e. The van der Waals surface area contributed by atoms with Gasteiger partial charge in [-0.15, -0.1) is 0 Å². The van der Waals surface area contributed by atoms with Crippen molar-refractivity contribution in [3.63, 3.8) is 0 Å². The molecule has 0 radical (unpaired) electrons. The van der Waals surface area contributed by atoms with E-state index in [2.05, 4.69) is 34.6 Å². The summed E-state index contributed by atoms with van der Waals surface area (Å²) < 4.78 is 5.67. The minimum Gasteiger partial charge on any atom is -0.368 e. The van der Waals surface area contributed by atoms with Crippen molar-refractivity contribution in [3.05, 3.63) is 54.4 Å². The van der Waals surface area contributed by atoms with Gasteiger partial charge in [0.25, 0.3) is 5.91 Å². The molecule has 2 fully saturated rings. The van der Waals surface area contributed by atoms with Gasteiger partial charge in [-0.1, -0.05) is 30.3 Å². The highest BCUT2D eigenvalue weighted by Gasteiger charge is 2.32. The molecule has 2 atom stereocenters. The van der Waals surface area contributed by atoms with Gasteiger partial charge in [0.2, 0.25) is 5.91 Å². The minimum atomic E-state index is -0.351. The first kappa shape index (κ1) is 19.6. The van der Waals surface area contributed by atoms with E-state index in [0.717, 1.165) is 36.0 Å². The van der Waals surface area contributed by atoms with Gasteiger partial charge in [0.1, 0.15) is 6.10 Å². The quantitative estimate of drug-likeness (QED) is 0.866. The molecule has 4 rings (SSSR count). The second kappa shape index (κ2) is 9.18. The van der Waals surface area contributed by atoms with Gasteiger partial charge in [-0.05, 0) is 48.4 Å². The number of hydrogen-bond donors (Lipinski definition) is 1. The number of carbonyl (C=O) groups excluding carboxylic acids is 2. The first-order valence-electron chi connectivity index (χ1n) is 10.4. The monoisotopic (exact) mass is 393 g/mol. The molecular weight excluding hydrogens is 366 g/mol. The summed E-state index contributed by atoms with van der Waals surface area (Å²) in [7, 11) is 0. The van der Waals surface area contributed by atoms with Crippen LogP contribution in [0.3, 0.4) is 0 Å². The Labute approximate surface area is 171 Å². The van der Waals surface area contributed by atoms with Gasteiger partial charge in [-0.2, -0.15) is 0 Å². The number of carbonyl (C=O) groups is 2. The molecule has 0 bridgehead atoms.